The van der Waals surface area contributed by atoms with E-state index in [0.717, 1.165) is 20.8 Å². The summed E-state index contributed by atoms with van der Waals surface area (Å²) in [6.07, 6.45) is -43.1. The van der Waals surface area contributed by atoms with Gasteiger partial charge in [0.15, 0.2) is 49.6 Å². The van der Waals surface area contributed by atoms with Crippen molar-refractivity contribution in [1.82, 2.24) is 0 Å². The molecule has 29 nitrogen and oxygen atoms in total. The summed E-state index contributed by atoms with van der Waals surface area (Å²) in [5, 5.41) is 54.1. The van der Waals surface area contributed by atoms with Gasteiger partial charge >= 0.3 is 118 Å². The van der Waals surface area contributed by atoms with Gasteiger partial charge in [-0.05, 0) is 41.5 Å². The predicted molar refractivity (Wildman–Crippen MR) is 176 cm³/mol. The monoisotopic (exact) mass is 1050 g/mol. The number of ether oxygens (including phenoxy) is 8. The first-order valence-electron chi connectivity index (χ1n) is 17.5. The Morgan fingerprint density at radius 2 is 0.625 bits per heavy atom. The maximum atomic E-state index is 12.1. The zero-order valence-corrected chi connectivity index (χ0v) is 47.1. The van der Waals surface area contributed by atoms with Crippen LogP contribution in [-0.4, -0.2) is 206 Å². The molecule has 37 heteroatoms. The van der Waals surface area contributed by atoms with E-state index in [1.165, 1.54) is 20.8 Å². The molecule has 354 valence electrons. The Morgan fingerprint density at radius 3 is 0.906 bits per heavy atom. The third-order valence-corrected chi connectivity index (χ3v) is 11.1. The summed E-state index contributed by atoms with van der Waals surface area (Å²) in [6.45, 7) is 7.37. The van der Waals surface area contributed by atoms with Crippen LogP contribution in [0.4, 0.5) is 0 Å². The Balaban J connectivity index is 0.00000992. The Kier molecular flexibility index (Phi) is 28.0. The second-order valence-corrected chi connectivity index (χ2v) is 18.2. The molecule has 4 rings (SSSR count). The van der Waals surface area contributed by atoms with Crippen LogP contribution in [-0.2, 0) is 96.2 Å². The first-order valence-corrected chi connectivity index (χ1v) is 22.8. The van der Waals surface area contributed by atoms with Crippen molar-refractivity contribution < 1.29 is 250 Å². The fraction of sp³-hybridized carbons (Fsp3) is 1.00. The standard InChI is InChI=1S/C27H48O29S4.4Na/c1-7(2)45-25-21(54-58(36,37)38)17(13(29)9(4)47-25)51-27-23(56-60(42,43)44)19(15(31)11(6)49-27)52-26-22(55-59(39,40)41)18(14(30)10(5)48-26)50-24-20(53-57(33,34)35)16(32)12(28)8(3)46-24;;;;/h7-32H,1-6H3,(H,33,34,35)(H,36,37,38)(H,39,40,41)(H,42,43,44);;;;/q;4*+1/p-4/t8-,9-,10-,11-,12+,13+,14+,15+,16+,17+,18+,19+,20-,21-,22-,23-,24-,25+,26-,27-;;;;/m0..../s1. The molecule has 0 unspecified atom stereocenters. The van der Waals surface area contributed by atoms with E-state index in [-0.39, 0.29) is 118 Å². The molecule has 0 aromatic carbocycles. The van der Waals surface area contributed by atoms with Crippen LogP contribution in [0.5, 0.6) is 0 Å². The smallest absolute Gasteiger partial charge is 0.726 e. The van der Waals surface area contributed by atoms with E-state index >= 15 is 0 Å². The van der Waals surface area contributed by atoms with Crippen LogP contribution in [0.1, 0.15) is 41.5 Å². The van der Waals surface area contributed by atoms with Crippen molar-refractivity contribution in [2.75, 3.05) is 0 Å². The zero-order chi connectivity index (χ0) is 45.6. The van der Waals surface area contributed by atoms with Gasteiger partial charge in [0.25, 0.3) is 0 Å². The Morgan fingerprint density at radius 1 is 0.391 bits per heavy atom. The Hall–Kier alpha value is 2.96. The summed E-state index contributed by atoms with van der Waals surface area (Å²) in [5.41, 5.74) is 0. The van der Waals surface area contributed by atoms with Gasteiger partial charge in [-0.25, -0.2) is 33.7 Å². The van der Waals surface area contributed by atoms with Crippen molar-refractivity contribution in [1.29, 1.82) is 0 Å². The zero-order valence-electron chi connectivity index (χ0n) is 35.8. The second-order valence-electron chi connectivity index (χ2n) is 14.2. The van der Waals surface area contributed by atoms with Crippen LogP contribution in [0.15, 0.2) is 0 Å². The van der Waals surface area contributed by atoms with E-state index in [0.29, 0.717) is 0 Å². The van der Waals surface area contributed by atoms with Gasteiger partial charge in [0.1, 0.15) is 48.8 Å². The molecule has 4 heterocycles. The predicted octanol–water partition coefficient (Wildman–Crippen LogP) is -18.3. The Bertz CT molecular complexity index is 1900. The SMILES string of the molecule is CC(C)O[C@@H]1O[C@@H](C)[C@@H](O)[C@@H](O[C@@H]2O[C@@H](C)[C@@H](O)[C@@H](O[C@@H]3O[C@@H](C)[C@@H](O)[C@@H](O[C@@H]4O[C@@H](C)[C@@H](O)[C@@H](O)[C@@H]4OS(=O)(=O)[O-])[C@@H]3OS(=O)(=O)[O-])[C@@H]2OS(=O)(=O)[O-])[C@@H]1OS(=O)(=O)[O-].[Na+].[Na+].[Na+].[Na+]. The third-order valence-electron chi connectivity index (χ3n) is 9.26. The summed E-state index contributed by atoms with van der Waals surface area (Å²) < 4.78 is 205. The molecule has 0 aromatic rings. The van der Waals surface area contributed by atoms with Crippen molar-refractivity contribution in [3.05, 3.63) is 0 Å². The molecule has 0 bridgehead atoms. The summed E-state index contributed by atoms with van der Waals surface area (Å²) in [7, 11) is -23.3. The molecule has 5 N–H and O–H groups in total. The van der Waals surface area contributed by atoms with Crippen molar-refractivity contribution in [3.63, 3.8) is 0 Å². The summed E-state index contributed by atoms with van der Waals surface area (Å²) in [6, 6.07) is 0. The molecular weight excluding hydrogens is 1010 g/mol. The molecule has 0 spiro atoms. The van der Waals surface area contributed by atoms with Gasteiger partial charge in [0.2, 0.25) is 41.6 Å². The summed E-state index contributed by atoms with van der Waals surface area (Å²) in [5.74, 6) is 0. The van der Waals surface area contributed by atoms with Crippen LogP contribution in [0.2, 0.25) is 0 Å². The molecule has 4 fully saturated rings. The molecule has 0 saturated carbocycles. The fourth-order valence-electron chi connectivity index (χ4n) is 6.55. The number of rotatable bonds is 16. The van der Waals surface area contributed by atoms with Gasteiger partial charge in [-0.1, -0.05) is 0 Å². The van der Waals surface area contributed by atoms with Gasteiger partial charge in [-0.2, -0.15) is 0 Å². The minimum atomic E-state index is -5.97. The Labute approximate surface area is 457 Å². The first-order chi connectivity index (χ1) is 27.3. The van der Waals surface area contributed by atoms with Crippen LogP contribution < -0.4 is 118 Å². The van der Waals surface area contributed by atoms with Crippen molar-refractivity contribution in [2.45, 2.75) is 170 Å². The molecule has 4 aliphatic heterocycles. The third kappa shape index (κ3) is 18.8. The van der Waals surface area contributed by atoms with Gasteiger partial charge in [0.05, 0.1) is 30.5 Å². The quantitative estimate of drug-likeness (QED) is 0.0544. The number of hydrogen-bond acceptors (Lipinski definition) is 29. The van der Waals surface area contributed by atoms with E-state index in [9.17, 15) is 77.4 Å². The first kappa shape index (κ1) is 67.0. The van der Waals surface area contributed by atoms with Crippen LogP contribution in [0.25, 0.3) is 0 Å². The van der Waals surface area contributed by atoms with E-state index in [2.05, 4.69) is 16.7 Å². The molecule has 0 radical (unpaired) electrons. The maximum Gasteiger partial charge on any atom is 1.00 e. The van der Waals surface area contributed by atoms with Crippen molar-refractivity contribution >= 4 is 41.6 Å². The van der Waals surface area contributed by atoms with E-state index < -0.39 is 171 Å². The second kappa shape index (κ2) is 26.8. The molecule has 0 aliphatic carbocycles. The normalized spacial score (nSPS) is 41.1. The topological polar surface area (TPSA) is 441 Å². The molecule has 4 aliphatic rings. The molecule has 4 saturated heterocycles. The van der Waals surface area contributed by atoms with Crippen LogP contribution in [0.3, 0.4) is 0 Å². The molecule has 20 atom stereocenters. The number of aliphatic hydroxyl groups is 5. The van der Waals surface area contributed by atoms with Gasteiger partial charge in [0, 0.05) is 0 Å². The van der Waals surface area contributed by atoms with Crippen LogP contribution >= 0.6 is 0 Å². The molecule has 0 aromatic heterocycles. The van der Waals surface area contributed by atoms with Crippen molar-refractivity contribution in [2.24, 2.45) is 0 Å². The summed E-state index contributed by atoms with van der Waals surface area (Å²) in [4.78, 5) is 0. The molecule has 0 amide bonds. The molecule has 64 heavy (non-hydrogen) atoms. The minimum absolute atomic E-state index is 0. The minimum Gasteiger partial charge on any atom is -0.726 e. The van der Waals surface area contributed by atoms with Gasteiger partial charge < -0.3 is 81.6 Å². The van der Waals surface area contributed by atoms with E-state index in [1.54, 1.807) is 0 Å². The van der Waals surface area contributed by atoms with Crippen LogP contribution in [0, 0.1) is 0 Å². The maximum absolute atomic E-state index is 12.1. The number of hydrogen-bond donors (Lipinski definition) is 5. The number of aliphatic hydroxyl groups excluding tert-OH is 5. The fourth-order valence-corrected chi connectivity index (χ4v) is 8.45. The summed E-state index contributed by atoms with van der Waals surface area (Å²) >= 11 is 0. The van der Waals surface area contributed by atoms with E-state index in [4.69, 9.17) is 37.9 Å². The molecular formula is C27H44Na4O29S4. The van der Waals surface area contributed by atoms with Gasteiger partial charge in [-0.3, -0.25) is 16.7 Å². The average molecular weight is 1050 g/mol. The average Bonchev–Trinajstić information content (AvgIpc) is 3.07. The van der Waals surface area contributed by atoms with Crippen molar-refractivity contribution in [3.8, 4) is 0 Å². The van der Waals surface area contributed by atoms with E-state index in [1.807, 2.05) is 0 Å². The largest absolute Gasteiger partial charge is 1.00 e. The van der Waals surface area contributed by atoms with Gasteiger partial charge in [-0.15, -0.1) is 0 Å².